The minimum atomic E-state index is -0.550. The van der Waals surface area contributed by atoms with Crippen molar-refractivity contribution in [2.45, 2.75) is 43.7 Å². The van der Waals surface area contributed by atoms with Crippen molar-refractivity contribution in [1.82, 2.24) is 10.3 Å². The lowest BCUT2D eigenvalue weighted by Gasteiger charge is -2.50. The van der Waals surface area contributed by atoms with Gasteiger partial charge in [-0.15, -0.1) is 0 Å². The standard InChI is InChI=1S/C26H25N3O2/c30-24(28-18-19-9-8-16-27-17-19)23-21-12-4-5-13-22(21)25(31)29(20-10-2-1-3-11-20)26(23)14-6-7-15-26/h1-5,8-13,16-17,23H,6-7,14-15,18H2,(H,28,30)/t23-/m1/s1. The first-order valence-corrected chi connectivity index (χ1v) is 10.9. The van der Waals surface area contributed by atoms with Crippen LogP contribution in [0, 0.1) is 0 Å². The summed E-state index contributed by atoms with van der Waals surface area (Å²) in [5, 5.41) is 3.13. The maximum atomic E-state index is 13.7. The second kappa shape index (κ2) is 7.99. The van der Waals surface area contributed by atoms with Gasteiger partial charge in [0.2, 0.25) is 5.91 Å². The van der Waals surface area contributed by atoms with Crippen molar-refractivity contribution in [3.63, 3.8) is 0 Å². The van der Waals surface area contributed by atoms with Gasteiger partial charge in [0.05, 0.1) is 11.5 Å². The van der Waals surface area contributed by atoms with Gasteiger partial charge in [-0.1, -0.05) is 55.3 Å². The van der Waals surface area contributed by atoms with E-state index < -0.39 is 11.5 Å². The fourth-order valence-electron chi connectivity index (χ4n) is 5.31. The van der Waals surface area contributed by atoms with E-state index in [4.69, 9.17) is 0 Å². The van der Waals surface area contributed by atoms with E-state index in [1.165, 1.54) is 0 Å². The molecule has 156 valence electrons. The first-order chi connectivity index (χ1) is 15.2. The summed E-state index contributed by atoms with van der Waals surface area (Å²) in [7, 11) is 0. The van der Waals surface area contributed by atoms with Gasteiger partial charge in [0.1, 0.15) is 0 Å². The molecule has 2 aliphatic rings. The number of anilines is 1. The van der Waals surface area contributed by atoms with E-state index in [9.17, 15) is 9.59 Å². The van der Waals surface area contributed by atoms with E-state index in [1.807, 2.05) is 71.6 Å². The molecule has 5 nitrogen and oxygen atoms in total. The van der Waals surface area contributed by atoms with Gasteiger partial charge in [0, 0.05) is 30.2 Å². The maximum absolute atomic E-state index is 13.7. The molecule has 0 radical (unpaired) electrons. The Hall–Kier alpha value is -3.47. The number of hydrogen-bond donors (Lipinski definition) is 1. The number of aromatic nitrogens is 1. The van der Waals surface area contributed by atoms with Crippen molar-refractivity contribution >= 4 is 17.5 Å². The summed E-state index contributed by atoms with van der Waals surface area (Å²) in [6, 6.07) is 21.2. The van der Waals surface area contributed by atoms with Gasteiger partial charge in [-0.2, -0.15) is 0 Å². The zero-order chi connectivity index (χ0) is 21.3. The van der Waals surface area contributed by atoms with E-state index in [1.54, 1.807) is 12.4 Å². The summed E-state index contributed by atoms with van der Waals surface area (Å²) in [6.07, 6.45) is 7.12. The monoisotopic (exact) mass is 411 g/mol. The van der Waals surface area contributed by atoms with Gasteiger partial charge in [-0.05, 0) is 48.2 Å². The molecule has 1 saturated carbocycles. The molecular formula is C26H25N3O2. The van der Waals surface area contributed by atoms with Crippen LogP contribution in [0.1, 0.15) is 53.1 Å². The van der Waals surface area contributed by atoms with Crippen LogP contribution in [0.3, 0.4) is 0 Å². The molecule has 31 heavy (non-hydrogen) atoms. The molecule has 1 aromatic heterocycles. The van der Waals surface area contributed by atoms with Gasteiger partial charge in [-0.25, -0.2) is 0 Å². The van der Waals surface area contributed by atoms with Gasteiger partial charge >= 0.3 is 0 Å². The molecule has 0 bridgehead atoms. The van der Waals surface area contributed by atoms with Crippen LogP contribution in [0.2, 0.25) is 0 Å². The van der Waals surface area contributed by atoms with Crippen molar-refractivity contribution in [2.75, 3.05) is 4.90 Å². The third-order valence-electron chi connectivity index (χ3n) is 6.62. The number of nitrogens with zero attached hydrogens (tertiary/aromatic N) is 2. The highest BCUT2D eigenvalue weighted by Gasteiger charge is 2.56. The highest BCUT2D eigenvalue weighted by molar-refractivity contribution is 6.12. The molecule has 2 heterocycles. The quantitative estimate of drug-likeness (QED) is 0.690. The molecule has 1 aliphatic carbocycles. The molecule has 5 heteroatoms. The number of pyridine rings is 1. The van der Waals surface area contributed by atoms with E-state index in [2.05, 4.69) is 10.3 Å². The smallest absolute Gasteiger partial charge is 0.259 e. The highest BCUT2D eigenvalue weighted by Crippen LogP contribution is 2.51. The second-order valence-electron chi connectivity index (χ2n) is 8.39. The van der Waals surface area contributed by atoms with E-state index >= 15 is 0 Å². The summed E-state index contributed by atoms with van der Waals surface area (Å²) < 4.78 is 0. The Kier molecular flexibility index (Phi) is 5.02. The fourth-order valence-corrected chi connectivity index (χ4v) is 5.31. The number of para-hydroxylation sites is 1. The topological polar surface area (TPSA) is 62.3 Å². The van der Waals surface area contributed by atoms with Crippen molar-refractivity contribution in [1.29, 1.82) is 0 Å². The minimum Gasteiger partial charge on any atom is -0.351 e. The number of rotatable bonds is 4. The lowest BCUT2D eigenvalue weighted by Crippen LogP contribution is -2.61. The zero-order valence-corrected chi connectivity index (χ0v) is 17.3. The minimum absolute atomic E-state index is 0.0139. The molecule has 2 amide bonds. The number of fused-ring (bicyclic) bond motifs is 1. The van der Waals surface area contributed by atoms with Crippen LogP contribution in [0.15, 0.2) is 79.1 Å². The van der Waals surface area contributed by atoms with Crippen molar-refractivity contribution in [3.8, 4) is 0 Å². The molecule has 0 unspecified atom stereocenters. The normalized spacial score (nSPS) is 19.3. The average Bonchev–Trinajstić information content (AvgIpc) is 3.28. The Bertz CT molecular complexity index is 1090. The maximum Gasteiger partial charge on any atom is 0.259 e. The molecule has 3 aromatic rings. The van der Waals surface area contributed by atoms with Crippen LogP contribution in [0.25, 0.3) is 0 Å². The summed E-state index contributed by atoms with van der Waals surface area (Å²) in [5.74, 6) is -0.465. The number of carbonyl (C=O) groups excluding carboxylic acids is 2. The van der Waals surface area contributed by atoms with Crippen LogP contribution in [-0.4, -0.2) is 22.3 Å². The van der Waals surface area contributed by atoms with Crippen LogP contribution in [0.5, 0.6) is 0 Å². The highest BCUT2D eigenvalue weighted by atomic mass is 16.2. The average molecular weight is 412 g/mol. The summed E-state index contributed by atoms with van der Waals surface area (Å²) in [5.41, 5.74) is 2.72. The van der Waals surface area contributed by atoms with Gasteiger partial charge in [-0.3, -0.25) is 14.6 Å². The van der Waals surface area contributed by atoms with Gasteiger partial charge in [0.25, 0.3) is 5.91 Å². The van der Waals surface area contributed by atoms with E-state index in [0.29, 0.717) is 12.1 Å². The third kappa shape index (κ3) is 3.30. The van der Waals surface area contributed by atoms with E-state index in [0.717, 1.165) is 42.5 Å². The molecular weight excluding hydrogens is 386 g/mol. The molecule has 1 atom stereocenters. The first kappa shape index (κ1) is 19.5. The Labute approximate surface area is 182 Å². The lowest BCUT2D eigenvalue weighted by atomic mass is 9.70. The van der Waals surface area contributed by atoms with Crippen molar-refractivity contribution in [3.05, 3.63) is 95.8 Å². The van der Waals surface area contributed by atoms with Crippen molar-refractivity contribution in [2.24, 2.45) is 0 Å². The first-order valence-electron chi connectivity index (χ1n) is 10.9. The molecule has 1 aliphatic heterocycles. The number of nitrogens with one attached hydrogen (secondary N) is 1. The predicted octanol–water partition coefficient (Wildman–Crippen LogP) is 4.45. The largest absolute Gasteiger partial charge is 0.351 e. The molecule has 0 saturated heterocycles. The van der Waals surface area contributed by atoms with Gasteiger partial charge < -0.3 is 10.2 Å². The SMILES string of the molecule is O=C(NCc1cccnc1)[C@H]1c2ccccc2C(=O)N(c2ccccc2)C12CCCC2. The summed E-state index contributed by atoms with van der Waals surface area (Å²) in [6.45, 7) is 0.417. The number of carbonyl (C=O) groups is 2. The van der Waals surface area contributed by atoms with Crippen LogP contribution in [-0.2, 0) is 11.3 Å². The summed E-state index contributed by atoms with van der Waals surface area (Å²) in [4.78, 5) is 33.5. The number of amides is 2. The van der Waals surface area contributed by atoms with Crippen molar-refractivity contribution < 1.29 is 9.59 Å². The Morgan fingerprint density at radius 1 is 1.00 bits per heavy atom. The lowest BCUT2D eigenvalue weighted by molar-refractivity contribution is -0.124. The van der Waals surface area contributed by atoms with Crippen LogP contribution >= 0.6 is 0 Å². The van der Waals surface area contributed by atoms with E-state index in [-0.39, 0.29) is 11.8 Å². The number of hydrogen-bond acceptors (Lipinski definition) is 3. The summed E-state index contributed by atoms with van der Waals surface area (Å²) >= 11 is 0. The zero-order valence-electron chi connectivity index (χ0n) is 17.3. The second-order valence-corrected chi connectivity index (χ2v) is 8.39. The number of benzene rings is 2. The Morgan fingerprint density at radius 2 is 1.74 bits per heavy atom. The fraction of sp³-hybridized carbons (Fsp3) is 0.269. The Balaban J connectivity index is 1.59. The molecule has 2 aromatic carbocycles. The predicted molar refractivity (Wildman–Crippen MR) is 120 cm³/mol. The molecule has 1 N–H and O–H groups in total. The van der Waals surface area contributed by atoms with Crippen LogP contribution < -0.4 is 10.2 Å². The molecule has 5 rings (SSSR count). The third-order valence-corrected chi connectivity index (χ3v) is 6.62. The Morgan fingerprint density at radius 3 is 2.48 bits per heavy atom. The van der Waals surface area contributed by atoms with Crippen LogP contribution in [0.4, 0.5) is 5.69 Å². The molecule has 1 fully saturated rings. The van der Waals surface area contributed by atoms with Gasteiger partial charge in [0.15, 0.2) is 0 Å². The molecule has 1 spiro atoms.